The lowest BCUT2D eigenvalue weighted by molar-refractivity contribution is 0.627. The summed E-state index contributed by atoms with van der Waals surface area (Å²) in [7, 11) is 0. The van der Waals surface area contributed by atoms with Crippen LogP contribution in [0.2, 0.25) is 5.02 Å². The fourth-order valence-corrected chi connectivity index (χ4v) is 2.35. The van der Waals surface area contributed by atoms with Crippen LogP contribution >= 0.6 is 11.6 Å². The second kappa shape index (κ2) is 6.22. The highest BCUT2D eigenvalue weighted by Crippen LogP contribution is 2.10. The van der Waals surface area contributed by atoms with Crippen LogP contribution in [0.5, 0.6) is 0 Å². The van der Waals surface area contributed by atoms with Gasteiger partial charge in [0.2, 0.25) is 0 Å². The predicted molar refractivity (Wildman–Crippen MR) is 86.8 cm³/mol. The maximum atomic E-state index is 13.0. The molecule has 0 fully saturated rings. The van der Waals surface area contributed by atoms with Crippen molar-refractivity contribution in [2.45, 2.75) is 6.54 Å². The van der Waals surface area contributed by atoms with Gasteiger partial charge in [0, 0.05) is 23.1 Å². The molecule has 0 unspecified atom stereocenters. The van der Waals surface area contributed by atoms with E-state index in [4.69, 9.17) is 11.6 Å². The second-order valence-corrected chi connectivity index (χ2v) is 5.45. The average Bonchev–Trinajstić information content (AvgIpc) is 2.55. The molecule has 0 saturated heterocycles. The van der Waals surface area contributed by atoms with Crippen molar-refractivity contribution < 1.29 is 4.39 Å². The quantitative estimate of drug-likeness (QED) is 0.693. The summed E-state index contributed by atoms with van der Waals surface area (Å²) in [6, 6.07) is 12.4. The summed E-state index contributed by atoms with van der Waals surface area (Å²) in [5.41, 5.74) is -0.0394. The third-order valence-corrected chi connectivity index (χ3v) is 3.68. The molecule has 0 aliphatic rings. The molecule has 3 rings (SSSR count). The zero-order valence-corrected chi connectivity index (χ0v) is 12.7. The number of aromatic nitrogens is 2. The Morgan fingerprint density at radius 3 is 2.17 bits per heavy atom. The van der Waals surface area contributed by atoms with Gasteiger partial charge in [0.15, 0.2) is 0 Å². The van der Waals surface area contributed by atoms with Gasteiger partial charge in [0.05, 0.1) is 6.54 Å². The van der Waals surface area contributed by atoms with E-state index in [2.05, 4.69) is 0 Å². The molecule has 1 aromatic heterocycles. The van der Waals surface area contributed by atoms with Gasteiger partial charge in [-0.2, -0.15) is 0 Å². The standard InChI is InChI=1S/C17H12ClFN2O2/c18-13-3-1-12(2-4-13)11-20-9-10-21(17(23)16(20)22)15-7-5-14(19)6-8-15/h1-10H,11H2. The van der Waals surface area contributed by atoms with E-state index in [1.807, 2.05) is 0 Å². The highest BCUT2D eigenvalue weighted by molar-refractivity contribution is 6.30. The Kier molecular flexibility index (Phi) is 4.12. The summed E-state index contributed by atoms with van der Waals surface area (Å²) in [6.45, 7) is 0.273. The first-order chi connectivity index (χ1) is 11.0. The highest BCUT2D eigenvalue weighted by atomic mass is 35.5. The highest BCUT2D eigenvalue weighted by Gasteiger charge is 2.07. The average molecular weight is 331 g/mol. The van der Waals surface area contributed by atoms with Gasteiger partial charge in [0.1, 0.15) is 5.82 Å². The molecule has 0 radical (unpaired) electrons. The number of rotatable bonds is 3. The summed E-state index contributed by atoms with van der Waals surface area (Å²) in [5, 5.41) is 0.604. The van der Waals surface area contributed by atoms with Gasteiger partial charge in [-0.1, -0.05) is 23.7 Å². The molecule has 116 valence electrons. The van der Waals surface area contributed by atoms with Gasteiger partial charge in [0.25, 0.3) is 0 Å². The molecule has 0 aliphatic heterocycles. The maximum Gasteiger partial charge on any atom is 0.320 e. The molecule has 0 spiro atoms. The normalized spacial score (nSPS) is 10.7. The summed E-state index contributed by atoms with van der Waals surface area (Å²) in [5.74, 6) is -0.405. The Hall–Kier alpha value is -2.66. The first kappa shape index (κ1) is 15.2. The topological polar surface area (TPSA) is 44.0 Å². The number of hydrogen-bond acceptors (Lipinski definition) is 2. The number of halogens is 2. The van der Waals surface area contributed by atoms with Crippen LogP contribution in [0.15, 0.2) is 70.5 Å². The van der Waals surface area contributed by atoms with E-state index in [-0.39, 0.29) is 6.54 Å². The van der Waals surface area contributed by atoms with E-state index in [0.717, 1.165) is 5.56 Å². The van der Waals surface area contributed by atoms with Crippen molar-refractivity contribution in [1.82, 2.24) is 9.13 Å². The van der Waals surface area contributed by atoms with E-state index < -0.39 is 16.9 Å². The van der Waals surface area contributed by atoms with E-state index in [1.54, 1.807) is 24.3 Å². The zero-order valence-electron chi connectivity index (χ0n) is 11.9. The van der Waals surface area contributed by atoms with Crippen molar-refractivity contribution in [1.29, 1.82) is 0 Å². The lowest BCUT2D eigenvalue weighted by Crippen LogP contribution is -2.40. The molecule has 6 heteroatoms. The lowest BCUT2D eigenvalue weighted by Gasteiger charge is -2.09. The summed E-state index contributed by atoms with van der Waals surface area (Å²) in [4.78, 5) is 24.5. The van der Waals surface area contributed by atoms with Gasteiger partial charge in [-0.15, -0.1) is 0 Å². The molecule has 0 saturated carbocycles. The number of benzene rings is 2. The zero-order chi connectivity index (χ0) is 16.4. The molecule has 0 aliphatic carbocycles. The summed E-state index contributed by atoms with van der Waals surface area (Å²) in [6.07, 6.45) is 3.02. The first-order valence-electron chi connectivity index (χ1n) is 6.87. The van der Waals surface area contributed by atoms with E-state index in [0.29, 0.717) is 10.7 Å². The van der Waals surface area contributed by atoms with Gasteiger partial charge < -0.3 is 4.57 Å². The Morgan fingerprint density at radius 2 is 1.52 bits per heavy atom. The van der Waals surface area contributed by atoms with Crippen molar-refractivity contribution >= 4 is 11.6 Å². The van der Waals surface area contributed by atoms with Crippen LogP contribution in [-0.4, -0.2) is 9.13 Å². The molecule has 0 atom stereocenters. The van der Waals surface area contributed by atoms with Crippen molar-refractivity contribution in [3.63, 3.8) is 0 Å². The van der Waals surface area contributed by atoms with Gasteiger partial charge in [-0.3, -0.25) is 14.2 Å². The van der Waals surface area contributed by atoms with E-state index in [1.165, 1.54) is 45.8 Å². The minimum Gasteiger partial charge on any atom is -0.305 e. The monoisotopic (exact) mass is 330 g/mol. The lowest BCUT2D eigenvalue weighted by atomic mass is 10.2. The fourth-order valence-electron chi connectivity index (χ4n) is 2.22. The molecule has 0 N–H and O–H groups in total. The third-order valence-electron chi connectivity index (χ3n) is 3.43. The van der Waals surface area contributed by atoms with Crippen molar-refractivity contribution in [2.75, 3.05) is 0 Å². The minimum absolute atomic E-state index is 0.273. The van der Waals surface area contributed by atoms with Crippen LogP contribution in [0.3, 0.4) is 0 Å². The fraction of sp³-hybridized carbons (Fsp3) is 0.0588. The second-order valence-electron chi connectivity index (χ2n) is 5.01. The van der Waals surface area contributed by atoms with Crippen LogP contribution < -0.4 is 11.1 Å². The van der Waals surface area contributed by atoms with Crippen LogP contribution in [0.25, 0.3) is 5.69 Å². The molecule has 0 bridgehead atoms. The van der Waals surface area contributed by atoms with Gasteiger partial charge in [-0.05, 0) is 42.0 Å². The minimum atomic E-state index is -0.687. The smallest absolute Gasteiger partial charge is 0.305 e. The summed E-state index contributed by atoms with van der Waals surface area (Å²) < 4.78 is 15.5. The van der Waals surface area contributed by atoms with Crippen LogP contribution in [0.1, 0.15) is 5.56 Å². The Balaban J connectivity index is 1.97. The molecule has 4 nitrogen and oxygen atoms in total. The number of hydrogen-bond donors (Lipinski definition) is 0. The molecular weight excluding hydrogens is 319 g/mol. The Morgan fingerprint density at radius 1 is 0.870 bits per heavy atom. The van der Waals surface area contributed by atoms with Crippen molar-refractivity contribution in [2.24, 2.45) is 0 Å². The molecule has 23 heavy (non-hydrogen) atoms. The van der Waals surface area contributed by atoms with E-state index >= 15 is 0 Å². The molecule has 1 heterocycles. The van der Waals surface area contributed by atoms with Crippen molar-refractivity contribution in [3.8, 4) is 5.69 Å². The Bertz CT molecular complexity index is 944. The third kappa shape index (κ3) is 3.24. The molecule has 2 aromatic carbocycles. The van der Waals surface area contributed by atoms with Gasteiger partial charge >= 0.3 is 11.1 Å². The summed E-state index contributed by atoms with van der Waals surface area (Å²) >= 11 is 5.82. The van der Waals surface area contributed by atoms with Crippen molar-refractivity contribution in [3.05, 3.63) is 98.0 Å². The largest absolute Gasteiger partial charge is 0.320 e. The van der Waals surface area contributed by atoms with Crippen LogP contribution in [0, 0.1) is 5.82 Å². The number of nitrogens with zero attached hydrogens (tertiary/aromatic N) is 2. The predicted octanol–water partition coefficient (Wildman–Crippen LogP) is 2.84. The van der Waals surface area contributed by atoms with Crippen LogP contribution in [-0.2, 0) is 6.54 Å². The molecule has 0 amide bonds. The Labute approximate surface area is 136 Å². The van der Waals surface area contributed by atoms with Crippen LogP contribution in [0.4, 0.5) is 4.39 Å². The van der Waals surface area contributed by atoms with E-state index in [9.17, 15) is 14.0 Å². The SMILES string of the molecule is O=c1c(=O)n(-c2ccc(F)cc2)ccn1Cc1ccc(Cl)cc1. The maximum absolute atomic E-state index is 13.0. The molecular formula is C17H12ClFN2O2. The first-order valence-corrected chi connectivity index (χ1v) is 7.25. The van der Waals surface area contributed by atoms with Gasteiger partial charge in [-0.25, -0.2) is 4.39 Å². The molecule has 3 aromatic rings.